The summed E-state index contributed by atoms with van der Waals surface area (Å²) in [5.74, 6) is 1.15. The maximum atomic E-state index is 13.1. The summed E-state index contributed by atoms with van der Waals surface area (Å²) in [6, 6.07) is 6.92. The second-order valence-corrected chi connectivity index (χ2v) is 8.43. The molecule has 1 aromatic heterocycles. The van der Waals surface area contributed by atoms with Crippen molar-refractivity contribution < 1.29 is 22.6 Å². The van der Waals surface area contributed by atoms with E-state index in [1.165, 1.54) is 11.4 Å². The molecule has 1 atom stereocenters. The van der Waals surface area contributed by atoms with Crippen LogP contribution in [0.15, 0.2) is 35.4 Å². The van der Waals surface area contributed by atoms with E-state index in [9.17, 15) is 8.42 Å². The Labute approximate surface area is 158 Å². The lowest BCUT2D eigenvalue weighted by molar-refractivity contribution is 0.123. The summed E-state index contributed by atoms with van der Waals surface area (Å²) in [5.41, 5.74) is 0.939. The first-order chi connectivity index (χ1) is 13.1. The van der Waals surface area contributed by atoms with Crippen molar-refractivity contribution in [1.29, 1.82) is 0 Å². The van der Waals surface area contributed by atoms with Crippen LogP contribution in [0.5, 0.6) is 17.6 Å². The number of hydrogen-bond donors (Lipinski definition) is 0. The maximum absolute atomic E-state index is 13.1. The smallest absolute Gasteiger partial charge is 0.319 e. The van der Waals surface area contributed by atoms with Gasteiger partial charge < -0.3 is 14.2 Å². The molecule has 0 aliphatic carbocycles. The van der Waals surface area contributed by atoms with E-state index in [1.807, 2.05) is 0 Å². The summed E-state index contributed by atoms with van der Waals surface area (Å²) in [6.45, 7) is 1.35. The Morgan fingerprint density at radius 2 is 2.19 bits per heavy atom. The Hall–Kier alpha value is -2.39. The number of sulfonamides is 1. The quantitative estimate of drug-likeness (QED) is 0.765. The molecule has 8 nitrogen and oxygen atoms in total. The lowest BCUT2D eigenvalue weighted by atomic mass is 10.1. The fraction of sp³-hybridized carbons (Fsp3) is 0.444. The van der Waals surface area contributed by atoms with Gasteiger partial charge >= 0.3 is 6.01 Å². The van der Waals surface area contributed by atoms with E-state index in [-0.39, 0.29) is 18.7 Å². The monoisotopic (exact) mass is 391 g/mol. The molecule has 1 fully saturated rings. The Kier molecular flexibility index (Phi) is 4.88. The molecule has 0 radical (unpaired) electrons. The molecule has 2 aliphatic heterocycles. The van der Waals surface area contributed by atoms with Crippen LogP contribution in [-0.2, 0) is 16.4 Å². The van der Waals surface area contributed by atoms with Crippen LogP contribution in [0.4, 0.5) is 0 Å². The Morgan fingerprint density at radius 1 is 1.30 bits per heavy atom. The fourth-order valence-corrected chi connectivity index (χ4v) is 4.91. The minimum atomic E-state index is -3.58. The van der Waals surface area contributed by atoms with Crippen LogP contribution in [0.25, 0.3) is 0 Å². The van der Waals surface area contributed by atoms with Crippen LogP contribution in [0.1, 0.15) is 18.4 Å². The van der Waals surface area contributed by atoms with Gasteiger partial charge in [0, 0.05) is 25.2 Å². The number of methoxy groups -OCH3 is 1. The Bertz CT molecular complexity index is 934. The standard InChI is InChI=1S/C18H21N3O5S/c1-24-18-19-8-6-17(20-18)26-14-3-2-9-21(12-14)27(22,23)15-4-5-16-13(11-15)7-10-25-16/h4-6,8,11,14H,2-3,7,9-10,12H2,1H3. The first-order valence-corrected chi connectivity index (χ1v) is 10.3. The van der Waals surface area contributed by atoms with E-state index in [4.69, 9.17) is 14.2 Å². The van der Waals surface area contributed by atoms with Crippen molar-refractivity contribution >= 4 is 10.0 Å². The average Bonchev–Trinajstić information content (AvgIpc) is 3.16. The van der Waals surface area contributed by atoms with Crippen LogP contribution < -0.4 is 14.2 Å². The molecular formula is C18H21N3O5S. The van der Waals surface area contributed by atoms with Gasteiger partial charge in [0.15, 0.2) is 0 Å². The molecule has 27 heavy (non-hydrogen) atoms. The molecule has 0 N–H and O–H groups in total. The average molecular weight is 391 g/mol. The molecule has 2 aromatic rings. The van der Waals surface area contributed by atoms with Gasteiger partial charge in [-0.05, 0) is 36.6 Å². The van der Waals surface area contributed by atoms with Crippen molar-refractivity contribution in [3.63, 3.8) is 0 Å². The van der Waals surface area contributed by atoms with E-state index < -0.39 is 10.0 Å². The van der Waals surface area contributed by atoms with E-state index in [1.54, 1.807) is 30.5 Å². The third kappa shape index (κ3) is 3.70. The number of hydrogen-bond acceptors (Lipinski definition) is 7. The molecule has 0 amide bonds. The van der Waals surface area contributed by atoms with Crippen LogP contribution in [0.2, 0.25) is 0 Å². The zero-order chi connectivity index (χ0) is 18.9. The van der Waals surface area contributed by atoms with E-state index in [0.29, 0.717) is 23.9 Å². The van der Waals surface area contributed by atoms with Crippen molar-refractivity contribution in [2.45, 2.75) is 30.3 Å². The van der Waals surface area contributed by atoms with Gasteiger partial charge in [0.05, 0.1) is 25.2 Å². The van der Waals surface area contributed by atoms with Gasteiger partial charge in [-0.2, -0.15) is 9.29 Å². The lowest BCUT2D eigenvalue weighted by Crippen LogP contribution is -2.44. The summed E-state index contributed by atoms with van der Waals surface area (Å²) in [6.07, 6.45) is 3.49. The minimum Gasteiger partial charge on any atom is -0.493 e. The molecule has 0 bridgehead atoms. The van der Waals surface area contributed by atoms with Gasteiger partial charge in [-0.15, -0.1) is 0 Å². The molecule has 1 unspecified atom stereocenters. The van der Waals surface area contributed by atoms with Gasteiger partial charge in [-0.25, -0.2) is 13.4 Å². The second-order valence-electron chi connectivity index (χ2n) is 6.49. The van der Waals surface area contributed by atoms with Gasteiger partial charge in [-0.3, -0.25) is 0 Å². The van der Waals surface area contributed by atoms with Gasteiger partial charge in [-0.1, -0.05) is 0 Å². The minimum absolute atomic E-state index is 0.216. The molecule has 1 saturated heterocycles. The fourth-order valence-electron chi connectivity index (χ4n) is 3.35. The SMILES string of the molecule is COc1nccc(OC2CCCN(S(=O)(=O)c3ccc4c(c3)CCO4)C2)n1. The number of aromatic nitrogens is 2. The third-order valence-electron chi connectivity index (χ3n) is 4.72. The van der Waals surface area contributed by atoms with Crippen LogP contribution in [0, 0.1) is 0 Å². The molecule has 1 aromatic carbocycles. The highest BCUT2D eigenvalue weighted by atomic mass is 32.2. The zero-order valence-electron chi connectivity index (χ0n) is 15.0. The molecule has 9 heteroatoms. The predicted molar refractivity (Wildman–Crippen MR) is 96.6 cm³/mol. The van der Waals surface area contributed by atoms with Crippen molar-refractivity contribution in [3.05, 3.63) is 36.0 Å². The summed E-state index contributed by atoms with van der Waals surface area (Å²) in [7, 11) is -2.10. The maximum Gasteiger partial charge on any atom is 0.319 e. The molecule has 0 spiro atoms. The van der Waals surface area contributed by atoms with Crippen LogP contribution in [0.3, 0.4) is 0 Å². The number of piperidine rings is 1. The molecular weight excluding hydrogens is 370 g/mol. The van der Waals surface area contributed by atoms with E-state index >= 15 is 0 Å². The summed E-state index contributed by atoms with van der Waals surface area (Å²) in [5, 5.41) is 0. The topological polar surface area (TPSA) is 90.9 Å². The molecule has 144 valence electrons. The second kappa shape index (κ2) is 7.32. The van der Waals surface area contributed by atoms with Crippen molar-refractivity contribution in [2.75, 3.05) is 26.8 Å². The van der Waals surface area contributed by atoms with Crippen molar-refractivity contribution in [1.82, 2.24) is 14.3 Å². The summed E-state index contributed by atoms with van der Waals surface area (Å²) < 4.78 is 44.0. The number of rotatable bonds is 5. The highest BCUT2D eigenvalue weighted by molar-refractivity contribution is 7.89. The first kappa shape index (κ1) is 18.0. The van der Waals surface area contributed by atoms with E-state index in [2.05, 4.69) is 9.97 Å². The lowest BCUT2D eigenvalue weighted by Gasteiger charge is -2.31. The number of benzene rings is 1. The Morgan fingerprint density at radius 3 is 3.04 bits per heavy atom. The first-order valence-electron chi connectivity index (χ1n) is 8.86. The Balaban J connectivity index is 1.50. The van der Waals surface area contributed by atoms with Crippen molar-refractivity contribution in [3.8, 4) is 17.6 Å². The molecule has 0 saturated carbocycles. The molecule has 4 rings (SSSR count). The van der Waals surface area contributed by atoms with Gasteiger partial charge in [0.2, 0.25) is 15.9 Å². The predicted octanol–water partition coefficient (Wildman–Crippen LogP) is 1.65. The molecule has 2 aliphatic rings. The zero-order valence-corrected chi connectivity index (χ0v) is 15.8. The largest absolute Gasteiger partial charge is 0.493 e. The number of fused-ring (bicyclic) bond motifs is 1. The number of ether oxygens (including phenoxy) is 3. The summed E-state index contributed by atoms with van der Waals surface area (Å²) >= 11 is 0. The van der Waals surface area contributed by atoms with Crippen LogP contribution >= 0.6 is 0 Å². The molecule has 3 heterocycles. The van der Waals surface area contributed by atoms with Gasteiger partial charge in [0.25, 0.3) is 0 Å². The number of nitrogens with zero attached hydrogens (tertiary/aromatic N) is 3. The normalized spacial score (nSPS) is 20.0. The summed E-state index contributed by atoms with van der Waals surface area (Å²) in [4.78, 5) is 8.38. The third-order valence-corrected chi connectivity index (χ3v) is 6.58. The van der Waals surface area contributed by atoms with Gasteiger partial charge in [0.1, 0.15) is 11.9 Å². The van der Waals surface area contributed by atoms with E-state index in [0.717, 1.165) is 30.6 Å². The highest BCUT2D eigenvalue weighted by Gasteiger charge is 2.32. The highest BCUT2D eigenvalue weighted by Crippen LogP contribution is 2.30. The van der Waals surface area contributed by atoms with Crippen LogP contribution in [-0.4, -0.2) is 55.6 Å². The van der Waals surface area contributed by atoms with Crippen molar-refractivity contribution in [2.24, 2.45) is 0 Å².